The van der Waals surface area contributed by atoms with Gasteiger partial charge in [0.25, 0.3) is 10.0 Å². The van der Waals surface area contributed by atoms with E-state index in [-0.39, 0.29) is 10.7 Å². The van der Waals surface area contributed by atoms with Gasteiger partial charge in [-0.25, -0.2) is 18.4 Å². The van der Waals surface area contributed by atoms with E-state index in [2.05, 4.69) is 20.0 Å². The highest BCUT2D eigenvalue weighted by atomic mass is 35.5. The third-order valence-electron chi connectivity index (χ3n) is 2.26. The van der Waals surface area contributed by atoms with Crippen molar-refractivity contribution >= 4 is 33.3 Å². The first-order valence-corrected chi connectivity index (χ1v) is 7.15. The molecular formula is C11H11ClN4O2S. The van der Waals surface area contributed by atoms with Crippen LogP contribution in [0.15, 0.2) is 41.6 Å². The molecule has 0 spiro atoms. The maximum Gasteiger partial charge on any atom is 0.263 e. The fourth-order valence-corrected chi connectivity index (χ4v) is 2.48. The number of pyridine rings is 2. The smallest absolute Gasteiger partial charge is 0.263 e. The fourth-order valence-electron chi connectivity index (χ4n) is 1.35. The molecular weight excluding hydrogens is 288 g/mol. The molecule has 6 nitrogen and oxygen atoms in total. The molecule has 0 amide bonds. The Balaban J connectivity index is 2.29. The monoisotopic (exact) mass is 298 g/mol. The van der Waals surface area contributed by atoms with Crippen LogP contribution >= 0.6 is 11.6 Å². The number of nitrogens with zero attached hydrogens (tertiary/aromatic N) is 2. The van der Waals surface area contributed by atoms with Crippen LogP contribution in [0, 0.1) is 0 Å². The molecule has 0 saturated carbocycles. The molecule has 0 aliphatic heterocycles. The van der Waals surface area contributed by atoms with Crippen molar-refractivity contribution in [1.82, 2.24) is 9.97 Å². The van der Waals surface area contributed by atoms with Crippen LogP contribution in [0.4, 0.5) is 11.6 Å². The van der Waals surface area contributed by atoms with Crippen molar-refractivity contribution in [3.63, 3.8) is 0 Å². The summed E-state index contributed by atoms with van der Waals surface area (Å²) in [5.74, 6) is 0.666. The van der Waals surface area contributed by atoms with Gasteiger partial charge in [0.05, 0.1) is 9.92 Å². The van der Waals surface area contributed by atoms with Crippen molar-refractivity contribution in [2.24, 2.45) is 0 Å². The van der Waals surface area contributed by atoms with Gasteiger partial charge in [0, 0.05) is 25.5 Å². The zero-order chi connectivity index (χ0) is 13.9. The predicted molar refractivity (Wildman–Crippen MR) is 73.8 cm³/mol. The standard InChI is InChI=1S/C11H11ClN4O2S/c1-13-11-6-9(4-5-14-11)19(17,18)16-10-3-2-8(12)7-15-10/h2-7H,1H3,(H,13,14)(H,15,16). The molecule has 2 aromatic heterocycles. The molecule has 0 aromatic carbocycles. The van der Waals surface area contributed by atoms with Gasteiger partial charge in [0.1, 0.15) is 11.6 Å². The van der Waals surface area contributed by atoms with Gasteiger partial charge < -0.3 is 5.32 Å². The highest BCUT2D eigenvalue weighted by Gasteiger charge is 2.15. The maximum absolute atomic E-state index is 12.1. The number of hydrogen-bond donors (Lipinski definition) is 2. The first-order valence-electron chi connectivity index (χ1n) is 5.29. The van der Waals surface area contributed by atoms with Crippen LogP contribution in [0.3, 0.4) is 0 Å². The molecule has 19 heavy (non-hydrogen) atoms. The van der Waals surface area contributed by atoms with Crippen molar-refractivity contribution in [2.45, 2.75) is 4.90 Å². The highest BCUT2D eigenvalue weighted by molar-refractivity contribution is 7.92. The summed E-state index contributed by atoms with van der Waals surface area (Å²) in [5, 5.41) is 3.21. The Morgan fingerprint density at radius 3 is 2.58 bits per heavy atom. The second-order valence-electron chi connectivity index (χ2n) is 3.59. The predicted octanol–water partition coefficient (Wildman–Crippen LogP) is 1.97. The van der Waals surface area contributed by atoms with Gasteiger partial charge in [-0.05, 0) is 18.2 Å². The van der Waals surface area contributed by atoms with Gasteiger partial charge in [-0.1, -0.05) is 11.6 Å². The van der Waals surface area contributed by atoms with E-state index < -0.39 is 10.0 Å². The largest absolute Gasteiger partial charge is 0.373 e. The normalized spacial score (nSPS) is 11.1. The van der Waals surface area contributed by atoms with Gasteiger partial charge in [0.2, 0.25) is 0 Å². The van der Waals surface area contributed by atoms with E-state index in [0.717, 1.165) is 0 Å². The molecule has 0 atom stereocenters. The molecule has 0 unspecified atom stereocenters. The molecule has 0 radical (unpaired) electrons. The Bertz CT molecular complexity index is 673. The summed E-state index contributed by atoms with van der Waals surface area (Å²) in [7, 11) is -2.03. The van der Waals surface area contributed by atoms with Crippen LogP contribution in [0.1, 0.15) is 0 Å². The minimum atomic E-state index is -3.69. The van der Waals surface area contributed by atoms with Crippen molar-refractivity contribution in [1.29, 1.82) is 0 Å². The molecule has 0 aliphatic rings. The van der Waals surface area contributed by atoms with Gasteiger partial charge in [0.15, 0.2) is 0 Å². The lowest BCUT2D eigenvalue weighted by Gasteiger charge is -2.08. The quantitative estimate of drug-likeness (QED) is 0.901. The Kier molecular flexibility index (Phi) is 3.87. The van der Waals surface area contributed by atoms with Crippen LogP contribution in [0.25, 0.3) is 0 Å². The number of rotatable bonds is 4. The van der Waals surface area contributed by atoms with Crippen LogP contribution in [0.2, 0.25) is 5.02 Å². The second kappa shape index (κ2) is 5.41. The lowest BCUT2D eigenvalue weighted by atomic mass is 10.5. The topological polar surface area (TPSA) is 84.0 Å². The zero-order valence-electron chi connectivity index (χ0n) is 9.96. The Morgan fingerprint density at radius 2 is 1.95 bits per heavy atom. The number of sulfonamides is 1. The van der Waals surface area contributed by atoms with Crippen molar-refractivity contribution in [3.8, 4) is 0 Å². The Labute approximate surface area is 115 Å². The zero-order valence-corrected chi connectivity index (χ0v) is 11.5. The Morgan fingerprint density at radius 1 is 1.16 bits per heavy atom. The SMILES string of the molecule is CNc1cc(S(=O)(=O)Nc2ccc(Cl)cn2)ccn1. The molecule has 2 N–H and O–H groups in total. The molecule has 2 rings (SSSR count). The van der Waals surface area contributed by atoms with Crippen LogP contribution < -0.4 is 10.0 Å². The van der Waals surface area contributed by atoms with Gasteiger partial charge >= 0.3 is 0 Å². The first kappa shape index (κ1) is 13.6. The number of aromatic nitrogens is 2. The van der Waals surface area contributed by atoms with Crippen LogP contribution in [-0.2, 0) is 10.0 Å². The molecule has 2 aromatic rings. The maximum atomic E-state index is 12.1. The summed E-state index contributed by atoms with van der Waals surface area (Å²) in [6, 6.07) is 5.87. The fraction of sp³-hybridized carbons (Fsp3) is 0.0909. The lowest BCUT2D eigenvalue weighted by Crippen LogP contribution is -2.14. The number of nitrogens with one attached hydrogen (secondary N) is 2. The summed E-state index contributed by atoms with van der Waals surface area (Å²) in [5.41, 5.74) is 0. The lowest BCUT2D eigenvalue weighted by molar-refractivity contribution is 0.601. The van der Waals surface area contributed by atoms with Gasteiger partial charge in [-0.15, -0.1) is 0 Å². The molecule has 0 bridgehead atoms. The summed E-state index contributed by atoms with van der Waals surface area (Å²) in [6.45, 7) is 0. The van der Waals surface area contributed by atoms with Crippen LogP contribution in [-0.4, -0.2) is 25.4 Å². The number of hydrogen-bond acceptors (Lipinski definition) is 5. The average Bonchev–Trinajstić information content (AvgIpc) is 2.41. The summed E-state index contributed by atoms with van der Waals surface area (Å²) in [4.78, 5) is 7.93. The molecule has 0 fully saturated rings. The summed E-state index contributed by atoms with van der Waals surface area (Å²) in [6.07, 6.45) is 2.78. The third-order valence-corrected chi connectivity index (χ3v) is 3.84. The van der Waals surface area contributed by atoms with E-state index in [1.807, 2.05) is 0 Å². The molecule has 2 heterocycles. The van der Waals surface area contributed by atoms with Crippen LogP contribution in [0.5, 0.6) is 0 Å². The number of anilines is 2. The van der Waals surface area contributed by atoms with Crippen molar-refractivity contribution in [3.05, 3.63) is 41.7 Å². The van der Waals surface area contributed by atoms with E-state index in [9.17, 15) is 8.42 Å². The third kappa shape index (κ3) is 3.33. The van der Waals surface area contributed by atoms with Crippen molar-refractivity contribution in [2.75, 3.05) is 17.1 Å². The second-order valence-corrected chi connectivity index (χ2v) is 5.71. The van der Waals surface area contributed by atoms with E-state index in [4.69, 9.17) is 11.6 Å². The molecule has 8 heteroatoms. The van der Waals surface area contributed by atoms with E-state index >= 15 is 0 Å². The van der Waals surface area contributed by atoms with Crippen molar-refractivity contribution < 1.29 is 8.42 Å². The van der Waals surface area contributed by atoms with Gasteiger partial charge in [-0.2, -0.15) is 0 Å². The van der Waals surface area contributed by atoms with Gasteiger partial charge in [-0.3, -0.25) is 4.72 Å². The van der Waals surface area contributed by atoms with E-state index in [1.54, 1.807) is 13.1 Å². The molecule has 100 valence electrons. The molecule has 0 saturated heterocycles. The number of halogens is 1. The summed E-state index contributed by atoms with van der Waals surface area (Å²) < 4.78 is 26.6. The first-order chi connectivity index (χ1) is 9.01. The highest BCUT2D eigenvalue weighted by Crippen LogP contribution is 2.17. The van der Waals surface area contributed by atoms with E-state index in [1.165, 1.54) is 30.6 Å². The average molecular weight is 299 g/mol. The summed E-state index contributed by atoms with van der Waals surface area (Å²) >= 11 is 5.68. The minimum absolute atomic E-state index is 0.101. The molecule has 0 aliphatic carbocycles. The Hall–Kier alpha value is -1.86. The minimum Gasteiger partial charge on any atom is -0.373 e. The van der Waals surface area contributed by atoms with E-state index in [0.29, 0.717) is 10.8 Å².